The molecule has 0 aliphatic carbocycles. The molecule has 0 aromatic heterocycles. The average molecular weight is 273 g/mol. The van der Waals surface area contributed by atoms with Gasteiger partial charge in [0.15, 0.2) is 0 Å². The Hall–Kier alpha value is -0.610. The van der Waals surface area contributed by atoms with Crippen LogP contribution in [0.4, 0.5) is 0 Å². The first-order chi connectivity index (χ1) is 8.75. The SMILES string of the molecule is CCCNC(C)(CCCOC(C)(C)C)C(=O)OCC. The molecule has 0 saturated heterocycles. The lowest BCUT2D eigenvalue weighted by Gasteiger charge is -2.29. The molecule has 0 spiro atoms. The molecule has 4 heteroatoms. The summed E-state index contributed by atoms with van der Waals surface area (Å²) in [5.41, 5.74) is -0.732. The summed E-state index contributed by atoms with van der Waals surface area (Å²) >= 11 is 0. The topological polar surface area (TPSA) is 47.6 Å². The largest absolute Gasteiger partial charge is 0.465 e. The number of rotatable bonds is 9. The summed E-state index contributed by atoms with van der Waals surface area (Å²) in [6, 6.07) is 0. The number of carbonyl (C=O) groups is 1. The third-order valence-electron chi connectivity index (χ3n) is 2.85. The maximum absolute atomic E-state index is 12.0. The standard InChI is InChI=1S/C15H31NO3/c1-7-11-16-15(6,13(17)18-8-2)10-9-12-19-14(3,4)5/h16H,7-12H2,1-6H3. The summed E-state index contributed by atoms with van der Waals surface area (Å²) in [6.45, 7) is 13.8. The van der Waals surface area contributed by atoms with Crippen LogP contribution in [0.15, 0.2) is 0 Å². The Morgan fingerprint density at radius 3 is 2.26 bits per heavy atom. The number of nitrogens with one attached hydrogen (secondary N) is 1. The number of hydrogen-bond donors (Lipinski definition) is 1. The zero-order valence-electron chi connectivity index (χ0n) is 13.5. The minimum Gasteiger partial charge on any atom is -0.465 e. The number of ether oxygens (including phenoxy) is 2. The summed E-state index contributed by atoms with van der Waals surface area (Å²) in [5.74, 6) is -0.167. The molecule has 0 aromatic carbocycles. The van der Waals surface area contributed by atoms with E-state index in [9.17, 15) is 4.79 Å². The van der Waals surface area contributed by atoms with Crippen LogP contribution in [0, 0.1) is 0 Å². The van der Waals surface area contributed by atoms with Crippen molar-refractivity contribution in [2.75, 3.05) is 19.8 Å². The fourth-order valence-electron chi connectivity index (χ4n) is 1.76. The molecular weight excluding hydrogens is 242 g/mol. The van der Waals surface area contributed by atoms with Crippen molar-refractivity contribution in [3.8, 4) is 0 Å². The molecule has 0 fully saturated rings. The van der Waals surface area contributed by atoms with Crippen molar-refractivity contribution in [2.24, 2.45) is 0 Å². The van der Waals surface area contributed by atoms with E-state index in [1.54, 1.807) is 0 Å². The van der Waals surface area contributed by atoms with Crippen LogP contribution < -0.4 is 5.32 Å². The highest BCUT2D eigenvalue weighted by Crippen LogP contribution is 2.16. The quantitative estimate of drug-likeness (QED) is 0.518. The highest BCUT2D eigenvalue weighted by Gasteiger charge is 2.33. The fourth-order valence-corrected chi connectivity index (χ4v) is 1.76. The van der Waals surface area contributed by atoms with Crippen LogP contribution in [0.2, 0.25) is 0 Å². The van der Waals surface area contributed by atoms with E-state index in [2.05, 4.69) is 12.2 Å². The van der Waals surface area contributed by atoms with Crippen molar-refractivity contribution in [1.29, 1.82) is 0 Å². The third-order valence-corrected chi connectivity index (χ3v) is 2.85. The summed E-state index contributed by atoms with van der Waals surface area (Å²) in [5, 5.41) is 3.30. The van der Waals surface area contributed by atoms with Gasteiger partial charge in [0, 0.05) is 6.61 Å². The zero-order valence-corrected chi connectivity index (χ0v) is 13.5. The lowest BCUT2D eigenvalue weighted by molar-refractivity contribution is -0.151. The molecule has 114 valence electrons. The first-order valence-electron chi connectivity index (χ1n) is 7.31. The number of carbonyl (C=O) groups excluding carboxylic acids is 1. The van der Waals surface area contributed by atoms with E-state index in [1.165, 1.54) is 0 Å². The van der Waals surface area contributed by atoms with Gasteiger partial charge in [0.05, 0.1) is 12.2 Å². The summed E-state index contributed by atoms with van der Waals surface area (Å²) in [4.78, 5) is 12.0. The van der Waals surface area contributed by atoms with E-state index in [0.29, 0.717) is 13.2 Å². The van der Waals surface area contributed by atoms with Gasteiger partial charge in [0.2, 0.25) is 0 Å². The third kappa shape index (κ3) is 8.22. The van der Waals surface area contributed by atoms with E-state index in [0.717, 1.165) is 25.8 Å². The van der Waals surface area contributed by atoms with Crippen LogP contribution in [0.3, 0.4) is 0 Å². The van der Waals surface area contributed by atoms with Crippen molar-refractivity contribution >= 4 is 5.97 Å². The monoisotopic (exact) mass is 273 g/mol. The summed E-state index contributed by atoms with van der Waals surface area (Å²) in [7, 11) is 0. The molecule has 4 nitrogen and oxygen atoms in total. The summed E-state index contributed by atoms with van der Waals surface area (Å²) < 4.78 is 10.8. The van der Waals surface area contributed by atoms with Gasteiger partial charge in [-0.2, -0.15) is 0 Å². The molecule has 0 saturated carbocycles. The van der Waals surface area contributed by atoms with Crippen LogP contribution in [-0.2, 0) is 14.3 Å². The molecule has 0 bridgehead atoms. The van der Waals surface area contributed by atoms with Gasteiger partial charge in [-0.1, -0.05) is 6.92 Å². The van der Waals surface area contributed by atoms with Crippen LogP contribution in [0.5, 0.6) is 0 Å². The van der Waals surface area contributed by atoms with Gasteiger partial charge in [-0.25, -0.2) is 0 Å². The normalized spacial score (nSPS) is 15.1. The lowest BCUT2D eigenvalue weighted by atomic mass is 9.95. The zero-order chi connectivity index (χ0) is 14.9. The van der Waals surface area contributed by atoms with Crippen molar-refractivity contribution in [2.45, 2.75) is 71.9 Å². The maximum atomic E-state index is 12.0. The molecule has 0 aromatic rings. The molecule has 0 amide bonds. The molecule has 0 heterocycles. The molecule has 1 atom stereocenters. The number of esters is 1. The molecule has 19 heavy (non-hydrogen) atoms. The molecule has 0 radical (unpaired) electrons. The van der Waals surface area contributed by atoms with E-state index in [-0.39, 0.29) is 11.6 Å². The highest BCUT2D eigenvalue weighted by atomic mass is 16.5. The van der Waals surface area contributed by atoms with Crippen LogP contribution in [0.25, 0.3) is 0 Å². The van der Waals surface area contributed by atoms with Gasteiger partial charge in [-0.3, -0.25) is 4.79 Å². The molecule has 1 N–H and O–H groups in total. The Labute approximate surface area is 118 Å². The van der Waals surface area contributed by atoms with Crippen LogP contribution in [0.1, 0.15) is 60.8 Å². The van der Waals surface area contributed by atoms with Crippen LogP contribution in [-0.4, -0.2) is 36.9 Å². The van der Waals surface area contributed by atoms with Gasteiger partial charge < -0.3 is 14.8 Å². The molecule has 1 unspecified atom stereocenters. The molecular formula is C15H31NO3. The van der Waals surface area contributed by atoms with E-state index >= 15 is 0 Å². The Bertz CT molecular complexity index is 261. The molecule has 0 aliphatic rings. The Kier molecular flexibility index (Phi) is 8.26. The minimum atomic E-state index is -0.604. The second-order valence-electron chi connectivity index (χ2n) is 6.04. The van der Waals surface area contributed by atoms with Gasteiger partial charge >= 0.3 is 5.97 Å². The first kappa shape index (κ1) is 18.4. The maximum Gasteiger partial charge on any atom is 0.326 e. The molecule has 0 aliphatic heterocycles. The fraction of sp³-hybridized carbons (Fsp3) is 0.933. The minimum absolute atomic E-state index is 0.128. The van der Waals surface area contributed by atoms with E-state index < -0.39 is 5.54 Å². The Morgan fingerprint density at radius 1 is 1.16 bits per heavy atom. The Balaban J connectivity index is 4.30. The van der Waals surface area contributed by atoms with Crippen molar-refractivity contribution in [3.63, 3.8) is 0 Å². The van der Waals surface area contributed by atoms with Crippen molar-refractivity contribution in [3.05, 3.63) is 0 Å². The highest BCUT2D eigenvalue weighted by molar-refractivity contribution is 5.80. The predicted octanol–water partition coefficient (Wildman–Crippen LogP) is 2.90. The predicted molar refractivity (Wildman–Crippen MR) is 78.3 cm³/mol. The Morgan fingerprint density at radius 2 is 1.79 bits per heavy atom. The smallest absolute Gasteiger partial charge is 0.326 e. The van der Waals surface area contributed by atoms with E-state index in [1.807, 2.05) is 34.6 Å². The van der Waals surface area contributed by atoms with Gasteiger partial charge in [0.25, 0.3) is 0 Å². The lowest BCUT2D eigenvalue weighted by Crippen LogP contribution is -2.51. The molecule has 0 rings (SSSR count). The van der Waals surface area contributed by atoms with Crippen molar-refractivity contribution < 1.29 is 14.3 Å². The van der Waals surface area contributed by atoms with Crippen molar-refractivity contribution in [1.82, 2.24) is 5.32 Å². The first-order valence-corrected chi connectivity index (χ1v) is 7.31. The van der Waals surface area contributed by atoms with Gasteiger partial charge in [-0.05, 0) is 60.4 Å². The van der Waals surface area contributed by atoms with Gasteiger partial charge in [0.1, 0.15) is 5.54 Å². The van der Waals surface area contributed by atoms with E-state index in [4.69, 9.17) is 9.47 Å². The van der Waals surface area contributed by atoms with Gasteiger partial charge in [-0.15, -0.1) is 0 Å². The second-order valence-corrected chi connectivity index (χ2v) is 6.04. The second kappa shape index (κ2) is 8.54. The number of hydrogen-bond acceptors (Lipinski definition) is 4. The van der Waals surface area contributed by atoms with Crippen LogP contribution >= 0.6 is 0 Å². The average Bonchev–Trinajstić information content (AvgIpc) is 2.31. The summed E-state index contributed by atoms with van der Waals surface area (Å²) in [6.07, 6.45) is 2.55.